The lowest BCUT2D eigenvalue weighted by atomic mass is 10.3. The Labute approximate surface area is 154 Å². The molecule has 1 aromatic heterocycles. The lowest BCUT2D eigenvalue weighted by Crippen LogP contribution is -2.41. The molecule has 1 fully saturated rings. The van der Waals surface area contributed by atoms with Crippen molar-refractivity contribution in [1.29, 1.82) is 0 Å². The van der Waals surface area contributed by atoms with Crippen molar-refractivity contribution in [2.45, 2.75) is 13.5 Å². The first-order valence-electron chi connectivity index (χ1n) is 8.10. The molecule has 9 heteroatoms. The molecule has 0 aliphatic carbocycles. The number of aryl methyl sites for hydroxylation is 1. The Morgan fingerprint density at radius 1 is 1.35 bits per heavy atom. The van der Waals surface area contributed by atoms with Crippen LogP contribution in [0.2, 0.25) is 5.02 Å². The van der Waals surface area contributed by atoms with Crippen LogP contribution in [0.15, 0.2) is 29.1 Å². The summed E-state index contributed by atoms with van der Waals surface area (Å²) < 4.78 is 19.9. The molecule has 0 atom stereocenters. The van der Waals surface area contributed by atoms with Crippen LogP contribution in [0.4, 0.5) is 16.0 Å². The van der Waals surface area contributed by atoms with Gasteiger partial charge in [0.2, 0.25) is 11.9 Å². The summed E-state index contributed by atoms with van der Waals surface area (Å²) in [4.78, 5) is 31.1. The van der Waals surface area contributed by atoms with Gasteiger partial charge in [0.05, 0.1) is 18.2 Å². The monoisotopic (exact) mass is 380 g/mol. The molecule has 1 aliphatic rings. The normalized spacial score (nSPS) is 14.3. The molecule has 1 aromatic carbocycles. The number of nitrogens with zero attached hydrogens (tertiary/aromatic N) is 3. The average Bonchev–Trinajstić information content (AvgIpc) is 2.61. The molecule has 26 heavy (non-hydrogen) atoms. The van der Waals surface area contributed by atoms with E-state index in [-0.39, 0.29) is 17.1 Å². The zero-order chi connectivity index (χ0) is 18.7. The Bertz CT molecular complexity index is 881. The van der Waals surface area contributed by atoms with E-state index in [9.17, 15) is 14.0 Å². The molecule has 1 aliphatic heterocycles. The van der Waals surface area contributed by atoms with Gasteiger partial charge in [0.1, 0.15) is 12.4 Å². The van der Waals surface area contributed by atoms with Crippen molar-refractivity contribution in [1.82, 2.24) is 9.55 Å². The van der Waals surface area contributed by atoms with Crippen LogP contribution >= 0.6 is 11.6 Å². The van der Waals surface area contributed by atoms with Crippen LogP contribution in [0.5, 0.6) is 0 Å². The first-order valence-corrected chi connectivity index (χ1v) is 8.48. The second-order valence-corrected chi connectivity index (χ2v) is 6.31. The number of ether oxygens (including phenoxy) is 1. The van der Waals surface area contributed by atoms with Crippen molar-refractivity contribution in [2.75, 3.05) is 36.5 Å². The van der Waals surface area contributed by atoms with E-state index in [0.717, 1.165) is 6.07 Å². The topological polar surface area (TPSA) is 76.5 Å². The van der Waals surface area contributed by atoms with Crippen LogP contribution in [-0.2, 0) is 16.1 Å². The first kappa shape index (κ1) is 18.3. The molecule has 3 rings (SSSR count). The van der Waals surface area contributed by atoms with E-state index < -0.39 is 11.7 Å². The van der Waals surface area contributed by atoms with E-state index in [1.54, 1.807) is 6.92 Å². The summed E-state index contributed by atoms with van der Waals surface area (Å²) in [5.74, 6) is -0.571. The van der Waals surface area contributed by atoms with Crippen LogP contribution < -0.4 is 15.8 Å². The minimum absolute atomic E-state index is 0.0917. The van der Waals surface area contributed by atoms with Crippen molar-refractivity contribution in [3.63, 3.8) is 0 Å². The second-order valence-electron chi connectivity index (χ2n) is 5.90. The molecule has 1 amide bonds. The van der Waals surface area contributed by atoms with Crippen LogP contribution in [0, 0.1) is 12.7 Å². The van der Waals surface area contributed by atoms with Crippen molar-refractivity contribution in [3.05, 3.63) is 51.2 Å². The largest absolute Gasteiger partial charge is 0.378 e. The first-order chi connectivity index (χ1) is 12.4. The fourth-order valence-corrected chi connectivity index (χ4v) is 2.86. The zero-order valence-corrected chi connectivity index (χ0v) is 14.9. The molecule has 138 valence electrons. The standard InChI is InChI=1S/C17H18ClFN4O3/c1-11-8-16(25)23(17(20-11)22-4-6-26-7-5-22)10-15(24)21-12-2-3-14(19)13(18)9-12/h2-3,8-9H,4-7,10H2,1H3,(H,21,24). The van der Waals surface area contributed by atoms with Crippen LogP contribution in [0.25, 0.3) is 0 Å². The van der Waals surface area contributed by atoms with Crippen molar-refractivity contribution in [2.24, 2.45) is 0 Å². The fraction of sp³-hybridized carbons (Fsp3) is 0.353. The Kier molecular flexibility index (Phi) is 5.53. The van der Waals surface area contributed by atoms with Gasteiger partial charge < -0.3 is 15.0 Å². The molecule has 2 aromatic rings. The van der Waals surface area contributed by atoms with E-state index in [0.29, 0.717) is 43.6 Å². The number of morpholine rings is 1. The Hall–Kier alpha value is -2.45. The summed E-state index contributed by atoms with van der Waals surface area (Å²) in [6.45, 7) is 3.76. The Morgan fingerprint density at radius 2 is 2.08 bits per heavy atom. The molecule has 7 nitrogen and oxygen atoms in total. The smallest absolute Gasteiger partial charge is 0.255 e. The third-order valence-corrected chi connectivity index (χ3v) is 4.20. The molecule has 1 N–H and O–H groups in total. The Morgan fingerprint density at radius 3 is 2.77 bits per heavy atom. The third-order valence-electron chi connectivity index (χ3n) is 3.92. The van der Waals surface area contributed by atoms with E-state index in [4.69, 9.17) is 16.3 Å². The lowest BCUT2D eigenvalue weighted by molar-refractivity contribution is -0.116. The summed E-state index contributed by atoms with van der Waals surface area (Å²) >= 11 is 5.72. The predicted octanol–water partition coefficient (Wildman–Crippen LogP) is 1.82. The van der Waals surface area contributed by atoms with Gasteiger partial charge in [-0.05, 0) is 25.1 Å². The highest BCUT2D eigenvalue weighted by Gasteiger charge is 2.19. The van der Waals surface area contributed by atoms with Gasteiger partial charge >= 0.3 is 0 Å². The number of hydrogen-bond acceptors (Lipinski definition) is 5. The summed E-state index contributed by atoms with van der Waals surface area (Å²) in [5.41, 5.74) is 0.618. The number of benzene rings is 1. The van der Waals surface area contributed by atoms with E-state index in [2.05, 4.69) is 10.3 Å². The van der Waals surface area contributed by atoms with Crippen LogP contribution in [0.3, 0.4) is 0 Å². The van der Waals surface area contributed by atoms with Crippen LogP contribution in [0.1, 0.15) is 5.69 Å². The van der Waals surface area contributed by atoms with Gasteiger partial charge in [-0.15, -0.1) is 0 Å². The number of amides is 1. The number of rotatable bonds is 4. The molecule has 0 spiro atoms. The zero-order valence-electron chi connectivity index (χ0n) is 14.2. The summed E-state index contributed by atoms with van der Waals surface area (Å²) in [6, 6.07) is 5.26. The summed E-state index contributed by atoms with van der Waals surface area (Å²) in [5, 5.41) is 2.52. The molecule has 2 heterocycles. The van der Waals surface area contributed by atoms with Gasteiger partial charge in [-0.1, -0.05) is 11.6 Å². The maximum absolute atomic E-state index is 13.2. The summed E-state index contributed by atoms with van der Waals surface area (Å²) in [6.07, 6.45) is 0. The van der Waals surface area contributed by atoms with Gasteiger partial charge in [0, 0.05) is 30.5 Å². The van der Waals surface area contributed by atoms with Crippen molar-refractivity contribution >= 4 is 29.1 Å². The SMILES string of the molecule is Cc1cc(=O)n(CC(=O)Nc2ccc(F)c(Cl)c2)c(N2CCOCC2)n1. The minimum Gasteiger partial charge on any atom is -0.378 e. The highest BCUT2D eigenvalue weighted by atomic mass is 35.5. The molecule has 1 saturated heterocycles. The Balaban J connectivity index is 1.82. The number of halogens is 2. The number of carbonyl (C=O) groups is 1. The third kappa shape index (κ3) is 4.20. The van der Waals surface area contributed by atoms with Crippen molar-refractivity contribution in [3.8, 4) is 0 Å². The molecular formula is C17H18ClFN4O3. The van der Waals surface area contributed by atoms with E-state index in [1.165, 1.54) is 22.8 Å². The number of aromatic nitrogens is 2. The highest BCUT2D eigenvalue weighted by molar-refractivity contribution is 6.31. The summed E-state index contributed by atoms with van der Waals surface area (Å²) in [7, 11) is 0. The van der Waals surface area contributed by atoms with Crippen LogP contribution in [-0.4, -0.2) is 41.8 Å². The van der Waals surface area contributed by atoms with Gasteiger partial charge in [-0.25, -0.2) is 9.37 Å². The fourth-order valence-electron chi connectivity index (χ4n) is 2.68. The number of nitrogens with one attached hydrogen (secondary N) is 1. The number of hydrogen-bond donors (Lipinski definition) is 1. The van der Waals surface area contributed by atoms with Gasteiger partial charge in [-0.3, -0.25) is 14.2 Å². The molecule has 0 saturated carbocycles. The second kappa shape index (κ2) is 7.84. The van der Waals surface area contributed by atoms with E-state index >= 15 is 0 Å². The average molecular weight is 381 g/mol. The molecule has 0 unspecified atom stereocenters. The number of anilines is 2. The molecule has 0 bridgehead atoms. The maximum atomic E-state index is 13.2. The van der Waals surface area contributed by atoms with Gasteiger partial charge in [0.25, 0.3) is 5.56 Å². The minimum atomic E-state index is -0.571. The predicted molar refractivity (Wildman–Crippen MR) is 96.3 cm³/mol. The van der Waals surface area contributed by atoms with Crippen molar-refractivity contribution < 1.29 is 13.9 Å². The lowest BCUT2D eigenvalue weighted by Gasteiger charge is -2.29. The quantitative estimate of drug-likeness (QED) is 0.875. The molecule has 0 radical (unpaired) electrons. The number of carbonyl (C=O) groups excluding carboxylic acids is 1. The van der Waals surface area contributed by atoms with Gasteiger partial charge in [-0.2, -0.15) is 0 Å². The molecular weight excluding hydrogens is 363 g/mol. The maximum Gasteiger partial charge on any atom is 0.255 e. The van der Waals surface area contributed by atoms with E-state index in [1.807, 2.05) is 4.90 Å². The highest BCUT2D eigenvalue weighted by Crippen LogP contribution is 2.19. The van der Waals surface area contributed by atoms with Gasteiger partial charge in [0.15, 0.2) is 0 Å².